The minimum atomic E-state index is 0.949. The van der Waals surface area contributed by atoms with Crippen molar-refractivity contribution >= 4 is 92.9 Å². The Balaban J connectivity index is 1.30. The Labute approximate surface area is 290 Å². The molecule has 0 spiro atoms. The highest BCUT2D eigenvalue weighted by molar-refractivity contribution is 6.25. The summed E-state index contributed by atoms with van der Waals surface area (Å²) in [5, 5.41) is 9.41. The molecule has 236 valence electrons. The third-order valence-corrected chi connectivity index (χ3v) is 10.8. The smallest absolute Gasteiger partial charge is 0.146 e. The molecule has 51 heavy (non-hydrogen) atoms. The van der Waals surface area contributed by atoms with Crippen molar-refractivity contribution in [2.75, 3.05) is 0 Å². The normalized spacial score (nSPS) is 12.3. The first kappa shape index (κ1) is 26.9. The summed E-state index contributed by atoms with van der Waals surface area (Å²) in [6.07, 6.45) is 1.90. The molecule has 5 nitrogen and oxygen atoms in total. The van der Waals surface area contributed by atoms with Gasteiger partial charge in [0.15, 0.2) is 0 Å². The number of imidazole rings is 1. The van der Waals surface area contributed by atoms with Crippen LogP contribution in [0.4, 0.5) is 0 Å². The van der Waals surface area contributed by atoms with Gasteiger partial charge in [-0.3, -0.25) is 9.38 Å². The molecule has 0 atom stereocenters. The predicted molar refractivity (Wildman–Crippen MR) is 212 cm³/mol. The van der Waals surface area contributed by atoms with E-state index in [1.54, 1.807) is 0 Å². The van der Waals surface area contributed by atoms with E-state index in [1.807, 2.05) is 12.3 Å². The van der Waals surface area contributed by atoms with Crippen LogP contribution in [-0.4, -0.2) is 23.5 Å². The van der Waals surface area contributed by atoms with Gasteiger partial charge in [0, 0.05) is 60.7 Å². The zero-order valence-electron chi connectivity index (χ0n) is 27.3. The Hall–Kier alpha value is -6.98. The van der Waals surface area contributed by atoms with Crippen LogP contribution in [0.15, 0.2) is 164 Å². The van der Waals surface area contributed by atoms with Crippen LogP contribution in [0, 0.1) is 0 Å². The number of nitrogens with zero attached hydrogens (tertiary/aromatic N) is 5. The maximum atomic E-state index is 5.18. The van der Waals surface area contributed by atoms with E-state index in [9.17, 15) is 0 Å². The number of para-hydroxylation sites is 5. The van der Waals surface area contributed by atoms with Gasteiger partial charge in [0.05, 0.1) is 44.1 Å². The van der Waals surface area contributed by atoms with Crippen molar-refractivity contribution in [2.24, 2.45) is 0 Å². The summed E-state index contributed by atoms with van der Waals surface area (Å²) in [5.74, 6) is 0. The average molecular weight is 650 g/mol. The van der Waals surface area contributed by atoms with Gasteiger partial charge in [0.25, 0.3) is 0 Å². The number of rotatable bonds is 2. The van der Waals surface area contributed by atoms with Crippen molar-refractivity contribution in [2.45, 2.75) is 0 Å². The van der Waals surface area contributed by atoms with Crippen molar-refractivity contribution in [1.82, 2.24) is 23.5 Å². The van der Waals surface area contributed by atoms with E-state index in [0.29, 0.717) is 0 Å². The van der Waals surface area contributed by atoms with Gasteiger partial charge in [-0.2, -0.15) is 0 Å². The summed E-state index contributed by atoms with van der Waals surface area (Å²) >= 11 is 0. The highest BCUT2D eigenvalue weighted by Gasteiger charge is 2.22. The quantitative estimate of drug-likeness (QED) is 0.175. The Morgan fingerprint density at radius 2 is 1.06 bits per heavy atom. The molecule has 12 aromatic rings. The van der Waals surface area contributed by atoms with Gasteiger partial charge in [-0.1, -0.05) is 91.0 Å². The molecule has 0 fully saturated rings. The Bertz CT molecular complexity index is 3420. The second-order valence-electron chi connectivity index (χ2n) is 13.4. The number of fused-ring (bicyclic) bond motifs is 17. The zero-order chi connectivity index (χ0) is 33.2. The highest BCUT2D eigenvalue weighted by atomic mass is 15.1. The molecule has 5 heteroatoms. The first-order valence-corrected chi connectivity index (χ1v) is 17.3. The van der Waals surface area contributed by atoms with Crippen LogP contribution >= 0.6 is 0 Å². The van der Waals surface area contributed by atoms with E-state index in [-0.39, 0.29) is 0 Å². The zero-order valence-corrected chi connectivity index (χ0v) is 27.3. The van der Waals surface area contributed by atoms with Crippen LogP contribution in [0.3, 0.4) is 0 Å². The van der Waals surface area contributed by atoms with Gasteiger partial charge in [0.1, 0.15) is 5.65 Å². The summed E-state index contributed by atoms with van der Waals surface area (Å²) in [4.78, 5) is 10.2. The first-order chi connectivity index (χ1) is 25.3. The van der Waals surface area contributed by atoms with Gasteiger partial charge >= 0.3 is 0 Å². The minimum Gasteiger partial charge on any atom is -0.307 e. The van der Waals surface area contributed by atoms with Crippen molar-refractivity contribution in [1.29, 1.82) is 0 Å². The lowest BCUT2D eigenvalue weighted by Gasteiger charge is -2.15. The van der Waals surface area contributed by atoms with E-state index in [4.69, 9.17) is 9.97 Å². The molecule has 5 aromatic heterocycles. The predicted octanol–water partition coefficient (Wildman–Crippen LogP) is 11.5. The van der Waals surface area contributed by atoms with Crippen LogP contribution in [-0.2, 0) is 0 Å². The number of aromatic nitrogens is 5. The summed E-state index contributed by atoms with van der Waals surface area (Å²) in [6, 6.07) is 56.8. The number of hydrogen-bond acceptors (Lipinski definition) is 2. The second-order valence-corrected chi connectivity index (χ2v) is 13.4. The standard InChI is InChI=1S/C46H27N5/c1-2-12-29(13-3-1)49-38-17-7-4-14-31(38)33-23-24-34-32-15-5-8-18-39(32)50(45(34)44(33)49)30-21-25-40-36(27-30)42-35(22-20-28-11-10-26-47-43(28)42)46-48-37-16-6-9-19-41(37)51(40)46/h1-27H. The van der Waals surface area contributed by atoms with Crippen LogP contribution in [0.5, 0.6) is 0 Å². The average Bonchev–Trinajstić information content (AvgIpc) is 3.86. The maximum Gasteiger partial charge on any atom is 0.146 e. The fourth-order valence-corrected chi connectivity index (χ4v) is 8.73. The molecule has 0 bridgehead atoms. The van der Waals surface area contributed by atoms with Crippen LogP contribution in [0.2, 0.25) is 0 Å². The van der Waals surface area contributed by atoms with Gasteiger partial charge < -0.3 is 9.13 Å². The topological polar surface area (TPSA) is 40.0 Å². The molecule has 0 aliphatic carbocycles. The molecule has 0 amide bonds. The summed E-state index contributed by atoms with van der Waals surface area (Å²) < 4.78 is 7.24. The summed E-state index contributed by atoms with van der Waals surface area (Å²) in [7, 11) is 0. The molecule has 0 aliphatic rings. The van der Waals surface area contributed by atoms with Gasteiger partial charge in [0.2, 0.25) is 0 Å². The lowest BCUT2D eigenvalue weighted by Crippen LogP contribution is -2.00. The molecular weight excluding hydrogens is 623 g/mol. The van der Waals surface area contributed by atoms with Crippen molar-refractivity contribution in [3.05, 3.63) is 164 Å². The fourth-order valence-electron chi connectivity index (χ4n) is 8.73. The summed E-state index contributed by atoms with van der Waals surface area (Å²) in [5.41, 5.74) is 12.1. The van der Waals surface area contributed by atoms with Gasteiger partial charge in [-0.05, 0) is 66.7 Å². The molecule has 5 heterocycles. The van der Waals surface area contributed by atoms with Crippen molar-refractivity contribution in [3.8, 4) is 11.4 Å². The number of hydrogen-bond donors (Lipinski definition) is 0. The molecule has 0 radical (unpaired) electrons. The molecule has 12 rings (SSSR count). The number of benzene rings is 7. The molecule has 0 unspecified atom stereocenters. The summed E-state index contributed by atoms with van der Waals surface area (Å²) in [6.45, 7) is 0. The van der Waals surface area contributed by atoms with Crippen molar-refractivity contribution < 1.29 is 0 Å². The fraction of sp³-hybridized carbons (Fsp3) is 0. The highest BCUT2D eigenvalue weighted by Crippen LogP contribution is 2.43. The molecule has 0 aliphatic heterocycles. The molecule has 0 saturated heterocycles. The van der Waals surface area contributed by atoms with E-state index >= 15 is 0 Å². The number of pyridine rings is 2. The molecule has 7 aromatic carbocycles. The van der Waals surface area contributed by atoms with E-state index in [0.717, 1.165) is 60.6 Å². The molecule has 0 saturated carbocycles. The van der Waals surface area contributed by atoms with Crippen LogP contribution < -0.4 is 0 Å². The minimum absolute atomic E-state index is 0.949. The lowest BCUT2D eigenvalue weighted by molar-refractivity contribution is 1.15. The third-order valence-electron chi connectivity index (χ3n) is 10.8. The third kappa shape index (κ3) is 3.49. The molecule has 0 N–H and O–H groups in total. The molecular formula is C46H27N5. The van der Waals surface area contributed by atoms with Crippen molar-refractivity contribution in [3.63, 3.8) is 0 Å². The monoisotopic (exact) mass is 649 g/mol. The Morgan fingerprint density at radius 1 is 0.412 bits per heavy atom. The van der Waals surface area contributed by atoms with Crippen LogP contribution in [0.25, 0.3) is 104 Å². The first-order valence-electron chi connectivity index (χ1n) is 17.3. The SMILES string of the molecule is c1ccc(-n2c3ccccc3c3ccc4c5ccccc5n(-c5ccc6c(c5)c5c(ccc7cccnc75)c5nc7ccccc7n65)c4c32)cc1. The van der Waals surface area contributed by atoms with E-state index in [2.05, 4.69) is 165 Å². The van der Waals surface area contributed by atoms with E-state index in [1.165, 1.54) is 43.6 Å². The maximum absolute atomic E-state index is 5.18. The van der Waals surface area contributed by atoms with E-state index < -0.39 is 0 Å². The Morgan fingerprint density at radius 3 is 1.82 bits per heavy atom. The van der Waals surface area contributed by atoms with Gasteiger partial charge in [-0.25, -0.2) is 4.98 Å². The largest absolute Gasteiger partial charge is 0.307 e. The Kier molecular flexibility index (Phi) is 5.17. The van der Waals surface area contributed by atoms with Gasteiger partial charge in [-0.15, -0.1) is 0 Å². The lowest BCUT2D eigenvalue weighted by atomic mass is 10.0. The second kappa shape index (κ2) is 9.80. The van der Waals surface area contributed by atoms with Crippen LogP contribution in [0.1, 0.15) is 0 Å².